The number of sulfonamides is 1. The van der Waals surface area contributed by atoms with Crippen molar-refractivity contribution in [3.05, 3.63) is 35.0 Å². The number of aromatic nitrogens is 2. The minimum absolute atomic E-state index is 0.169. The molecule has 0 radical (unpaired) electrons. The van der Waals surface area contributed by atoms with Crippen LogP contribution in [0.25, 0.3) is 0 Å². The largest absolute Gasteiger partial charge is 0.495 e. The molecule has 112 valence electrons. The molecule has 0 aliphatic heterocycles. The number of carboxylic acids is 1. The standard InChI is InChI=1S/C11H10ClN3O5S/c1-20-9-4-6(2-3-8(9)12)15-21(18,19)10-7(11(16)17)5-13-14-10/h2-5,15H,1H3,(H,13,14)(H,16,17). The molecule has 1 aromatic carbocycles. The number of hydrogen-bond donors (Lipinski definition) is 3. The summed E-state index contributed by atoms with van der Waals surface area (Å²) in [4.78, 5) is 10.9. The van der Waals surface area contributed by atoms with Crippen molar-refractivity contribution in [2.75, 3.05) is 11.8 Å². The van der Waals surface area contributed by atoms with Gasteiger partial charge in [0.05, 0.1) is 24.0 Å². The molecule has 10 heteroatoms. The van der Waals surface area contributed by atoms with Crippen molar-refractivity contribution >= 4 is 33.3 Å². The van der Waals surface area contributed by atoms with E-state index in [2.05, 4.69) is 14.9 Å². The first-order valence-electron chi connectivity index (χ1n) is 5.48. The predicted octanol–water partition coefficient (Wildman–Crippen LogP) is 1.57. The first-order valence-corrected chi connectivity index (χ1v) is 7.34. The number of carbonyl (C=O) groups is 1. The summed E-state index contributed by atoms with van der Waals surface area (Å²) in [5, 5.41) is 14.3. The van der Waals surface area contributed by atoms with Gasteiger partial charge in [0, 0.05) is 6.07 Å². The highest BCUT2D eigenvalue weighted by Crippen LogP contribution is 2.28. The van der Waals surface area contributed by atoms with Crippen LogP contribution in [0.5, 0.6) is 5.75 Å². The van der Waals surface area contributed by atoms with Gasteiger partial charge < -0.3 is 9.84 Å². The Labute approximate surface area is 124 Å². The fourth-order valence-electron chi connectivity index (χ4n) is 1.56. The molecule has 2 aromatic rings. The van der Waals surface area contributed by atoms with E-state index in [1.165, 1.54) is 25.3 Å². The van der Waals surface area contributed by atoms with E-state index in [0.717, 1.165) is 6.20 Å². The smallest absolute Gasteiger partial charge is 0.340 e. The number of halogens is 1. The van der Waals surface area contributed by atoms with Gasteiger partial charge in [-0.3, -0.25) is 9.82 Å². The van der Waals surface area contributed by atoms with Crippen LogP contribution in [0.15, 0.2) is 29.4 Å². The molecule has 3 N–H and O–H groups in total. The number of hydrogen-bond acceptors (Lipinski definition) is 5. The maximum absolute atomic E-state index is 12.2. The quantitative estimate of drug-likeness (QED) is 0.764. The van der Waals surface area contributed by atoms with Crippen molar-refractivity contribution < 1.29 is 23.1 Å². The Balaban J connectivity index is 2.38. The lowest BCUT2D eigenvalue weighted by Crippen LogP contribution is -2.16. The summed E-state index contributed by atoms with van der Waals surface area (Å²) in [5.74, 6) is -1.13. The van der Waals surface area contributed by atoms with Crippen LogP contribution in [0.4, 0.5) is 5.69 Å². The molecule has 0 spiro atoms. The van der Waals surface area contributed by atoms with E-state index in [9.17, 15) is 13.2 Å². The van der Waals surface area contributed by atoms with Crippen LogP contribution in [0, 0.1) is 0 Å². The SMILES string of the molecule is COc1cc(NS(=O)(=O)c2[nH]ncc2C(=O)O)ccc1Cl. The zero-order chi connectivity index (χ0) is 15.6. The highest BCUT2D eigenvalue weighted by atomic mass is 35.5. The predicted molar refractivity (Wildman–Crippen MR) is 74.4 cm³/mol. The summed E-state index contributed by atoms with van der Waals surface area (Å²) in [6.07, 6.45) is 0.916. The van der Waals surface area contributed by atoms with Gasteiger partial charge in [-0.25, -0.2) is 4.79 Å². The second-order valence-corrected chi connectivity index (χ2v) is 5.90. The number of aromatic carboxylic acids is 1. The minimum atomic E-state index is -4.13. The van der Waals surface area contributed by atoms with Gasteiger partial charge in [0.15, 0.2) is 5.03 Å². The van der Waals surface area contributed by atoms with E-state index in [-0.39, 0.29) is 11.4 Å². The van der Waals surface area contributed by atoms with Crippen LogP contribution in [0.1, 0.15) is 10.4 Å². The summed E-state index contributed by atoms with van der Waals surface area (Å²) < 4.78 is 31.5. The van der Waals surface area contributed by atoms with Gasteiger partial charge >= 0.3 is 5.97 Å². The van der Waals surface area contributed by atoms with Crippen molar-refractivity contribution in [3.63, 3.8) is 0 Å². The van der Waals surface area contributed by atoms with E-state index >= 15 is 0 Å². The Bertz CT molecular complexity index is 787. The number of H-pyrrole nitrogens is 1. The van der Waals surface area contributed by atoms with Crippen LogP contribution in [0.3, 0.4) is 0 Å². The summed E-state index contributed by atoms with van der Waals surface area (Å²) in [5.41, 5.74) is -0.286. The van der Waals surface area contributed by atoms with Gasteiger partial charge in [-0.1, -0.05) is 11.6 Å². The molecule has 0 aliphatic carbocycles. The number of aromatic amines is 1. The van der Waals surface area contributed by atoms with Crippen LogP contribution in [-0.4, -0.2) is 36.8 Å². The highest BCUT2D eigenvalue weighted by Gasteiger charge is 2.25. The lowest BCUT2D eigenvalue weighted by Gasteiger charge is -2.09. The fraction of sp³-hybridized carbons (Fsp3) is 0.0909. The molecular weight excluding hydrogens is 322 g/mol. The molecule has 0 bridgehead atoms. The molecule has 0 saturated heterocycles. The molecule has 1 aromatic heterocycles. The maximum Gasteiger partial charge on any atom is 0.340 e. The first kappa shape index (κ1) is 15.1. The molecular formula is C11H10ClN3O5S. The lowest BCUT2D eigenvalue weighted by atomic mass is 10.3. The third-order valence-corrected chi connectivity index (χ3v) is 4.17. The maximum atomic E-state index is 12.2. The lowest BCUT2D eigenvalue weighted by molar-refractivity contribution is 0.0692. The summed E-state index contributed by atoms with van der Waals surface area (Å²) in [6.45, 7) is 0. The molecule has 21 heavy (non-hydrogen) atoms. The van der Waals surface area contributed by atoms with Gasteiger partial charge in [-0.15, -0.1) is 0 Å². The normalized spacial score (nSPS) is 11.1. The Morgan fingerprint density at radius 3 is 2.81 bits per heavy atom. The van der Waals surface area contributed by atoms with Crippen LogP contribution in [-0.2, 0) is 10.0 Å². The fourth-order valence-corrected chi connectivity index (χ4v) is 2.90. The zero-order valence-corrected chi connectivity index (χ0v) is 12.2. The summed E-state index contributed by atoms with van der Waals surface area (Å²) in [7, 11) is -2.75. The van der Waals surface area contributed by atoms with E-state index < -0.39 is 26.6 Å². The van der Waals surface area contributed by atoms with E-state index in [0.29, 0.717) is 5.02 Å². The molecule has 0 unspecified atom stereocenters. The van der Waals surface area contributed by atoms with E-state index in [1.54, 1.807) is 0 Å². The average molecular weight is 332 g/mol. The molecule has 2 rings (SSSR count). The molecule has 8 nitrogen and oxygen atoms in total. The Hall–Kier alpha value is -2.26. The third kappa shape index (κ3) is 3.09. The zero-order valence-electron chi connectivity index (χ0n) is 10.6. The van der Waals surface area contributed by atoms with Crippen LogP contribution in [0.2, 0.25) is 5.02 Å². The molecule has 0 aliphatic rings. The van der Waals surface area contributed by atoms with Gasteiger partial charge in [0.1, 0.15) is 11.3 Å². The number of nitrogens with one attached hydrogen (secondary N) is 2. The summed E-state index contributed by atoms with van der Waals surface area (Å²) >= 11 is 5.84. The summed E-state index contributed by atoms with van der Waals surface area (Å²) in [6, 6.07) is 4.24. The number of benzene rings is 1. The van der Waals surface area contributed by atoms with Gasteiger partial charge in [-0.2, -0.15) is 13.5 Å². The third-order valence-electron chi connectivity index (χ3n) is 2.51. The van der Waals surface area contributed by atoms with Gasteiger partial charge in [0.2, 0.25) is 0 Å². The van der Waals surface area contributed by atoms with Crippen LogP contribution >= 0.6 is 11.6 Å². The van der Waals surface area contributed by atoms with Gasteiger partial charge in [0.25, 0.3) is 10.0 Å². The number of nitrogens with zero attached hydrogens (tertiary/aromatic N) is 1. The Morgan fingerprint density at radius 1 is 1.48 bits per heavy atom. The number of rotatable bonds is 5. The van der Waals surface area contributed by atoms with E-state index in [4.69, 9.17) is 21.4 Å². The van der Waals surface area contributed by atoms with Crippen molar-refractivity contribution in [1.82, 2.24) is 10.2 Å². The second kappa shape index (κ2) is 5.62. The molecule has 0 fully saturated rings. The van der Waals surface area contributed by atoms with Crippen LogP contribution < -0.4 is 9.46 Å². The average Bonchev–Trinajstić information content (AvgIpc) is 2.91. The number of carboxylic acid groups (broad SMARTS) is 1. The number of ether oxygens (including phenoxy) is 1. The highest BCUT2D eigenvalue weighted by molar-refractivity contribution is 7.92. The van der Waals surface area contributed by atoms with Crippen molar-refractivity contribution in [1.29, 1.82) is 0 Å². The minimum Gasteiger partial charge on any atom is -0.495 e. The topological polar surface area (TPSA) is 121 Å². The van der Waals surface area contributed by atoms with E-state index in [1.807, 2.05) is 0 Å². The molecule has 0 atom stereocenters. The van der Waals surface area contributed by atoms with Gasteiger partial charge in [-0.05, 0) is 12.1 Å². The van der Waals surface area contributed by atoms with Crippen molar-refractivity contribution in [2.24, 2.45) is 0 Å². The first-order chi connectivity index (χ1) is 9.85. The molecule has 0 saturated carbocycles. The Morgan fingerprint density at radius 2 is 2.19 bits per heavy atom. The van der Waals surface area contributed by atoms with Crippen molar-refractivity contribution in [3.8, 4) is 5.75 Å². The Kier molecular flexibility index (Phi) is 4.05. The molecule has 0 amide bonds. The number of methoxy groups -OCH3 is 1. The second-order valence-electron chi connectivity index (χ2n) is 3.87. The number of anilines is 1. The van der Waals surface area contributed by atoms with Crippen molar-refractivity contribution in [2.45, 2.75) is 5.03 Å². The molecule has 1 heterocycles. The monoisotopic (exact) mass is 331 g/mol.